The predicted octanol–water partition coefficient (Wildman–Crippen LogP) is 4.63. The van der Waals surface area contributed by atoms with Crippen LogP contribution in [0.3, 0.4) is 0 Å². The fourth-order valence-electron chi connectivity index (χ4n) is 3.10. The zero-order valence-corrected chi connectivity index (χ0v) is 19.4. The van der Waals surface area contributed by atoms with E-state index in [4.69, 9.17) is 4.74 Å². The van der Waals surface area contributed by atoms with Crippen molar-refractivity contribution in [2.24, 2.45) is 0 Å². The summed E-state index contributed by atoms with van der Waals surface area (Å²) in [5.74, 6) is -0.0825. The molecule has 1 fully saturated rings. The molecule has 6 nitrogen and oxygen atoms in total. The largest absolute Gasteiger partial charge is 0.370 e. The van der Waals surface area contributed by atoms with Crippen molar-refractivity contribution in [3.05, 3.63) is 46.2 Å². The molecule has 1 aliphatic rings. The van der Waals surface area contributed by atoms with Crippen molar-refractivity contribution >= 4 is 63.4 Å². The molecule has 30 heavy (non-hydrogen) atoms. The second-order valence-electron chi connectivity index (χ2n) is 6.85. The van der Waals surface area contributed by atoms with Crippen LogP contribution >= 0.6 is 35.7 Å². The van der Waals surface area contributed by atoms with Gasteiger partial charge in [0.15, 0.2) is 0 Å². The van der Waals surface area contributed by atoms with E-state index < -0.39 is 0 Å². The molecular weight excluding hydrogens is 440 g/mol. The molecule has 0 N–H and O–H groups in total. The highest BCUT2D eigenvalue weighted by molar-refractivity contribution is 8.14. The van der Waals surface area contributed by atoms with E-state index in [1.807, 2.05) is 38.1 Å². The summed E-state index contributed by atoms with van der Waals surface area (Å²) >= 11 is 6.77. The summed E-state index contributed by atoms with van der Waals surface area (Å²) in [6.45, 7) is 5.43. The molecule has 1 aromatic heterocycles. The molecule has 0 saturated carbocycles. The predicted molar refractivity (Wildman–Crippen MR) is 126 cm³/mol. The van der Waals surface area contributed by atoms with Crippen molar-refractivity contribution in [2.75, 3.05) is 36.1 Å². The van der Waals surface area contributed by atoms with Gasteiger partial charge in [-0.15, -0.1) is 11.3 Å². The van der Waals surface area contributed by atoms with Crippen LogP contribution in [0.4, 0.5) is 16.2 Å². The lowest BCUT2D eigenvalue weighted by molar-refractivity contribution is -0.125. The highest BCUT2D eigenvalue weighted by Gasteiger charge is 2.23. The molecule has 0 spiro atoms. The molecule has 1 saturated heterocycles. The second-order valence-corrected chi connectivity index (χ2v) is 9.80. The molecule has 9 heteroatoms. The third-order valence-electron chi connectivity index (χ3n) is 4.75. The van der Waals surface area contributed by atoms with Crippen molar-refractivity contribution in [3.8, 4) is 0 Å². The number of benzene rings is 1. The molecule has 2 amide bonds. The number of anilines is 2. The maximum atomic E-state index is 12.6. The Morgan fingerprint density at radius 2 is 2.00 bits per heavy atom. The normalized spacial score (nSPS) is 15.2. The summed E-state index contributed by atoms with van der Waals surface area (Å²) in [4.78, 5) is 41.8. The Balaban J connectivity index is 1.70. The van der Waals surface area contributed by atoms with Gasteiger partial charge in [0.25, 0.3) is 11.1 Å². The minimum absolute atomic E-state index is 0.0210. The van der Waals surface area contributed by atoms with Gasteiger partial charge in [-0.2, -0.15) is 0 Å². The molecule has 0 bridgehead atoms. The van der Waals surface area contributed by atoms with Gasteiger partial charge in [0.05, 0.1) is 11.5 Å². The van der Waals surface area contributed by atoms with Crippen molar-refractivity contribution in [3.63, 3.8) is 0 Å². The smallest absolute Gasteiger partial charge is 0.283 e. The van der Waals surface area contributed by atoms with Gasteiger partial charge in [-0.05, 0) is 49.7 Å². The van der Waals surface area contributed by atoms with Gasteiger partial charge in [0.1, 0.15) is 6.61 Å². The fraction of sp³-hybridized carbons (Fsp3) is 0.381. The number of carbonyl (C=O) groups is 3. The molecular formula is C21H24N2O4S3. The SMILES string of the molecule is CCC(CN(C(=O)S)c1ccc(N2CCOCC2=O)cc1)SC(=O)c1ccc(C)s1. The number of thioether (sulfide) groups is 1. The number of morpholine rings is 1. The molecule has 1 aromatic carbocycles. The average molecular weight is 465 g/mol. The topological polar surface area (TPSA) is 66.9 Å². The second kappa shape index (κ2) is 10.5. The van der Waals surface area contributed by atoms with Crippen LogP contribution in [0.15, 0.2) is 36.4 Å². The quantitative estimate of drug-likeness (QED) is 0.605. The lowest BCUT2D eigenvalue weighted by Gasteiger charge is -2.28. The summed E-state index contributed by atoms with van der Waals surface area (Å²) in [5, 5.41) is -0.423. The van der Waals surface area contributed by atoms with E-state index in [0.29, 0.717) is 25.4 Å². The van der Waals surface area contributed by atoms with Crippen LogP contribution in [-0.4, -0.2) is 47.8 Å². The van der Waals surface area contributed by atoms with Gasteiger partial charge in [0.2, 0.25) is 5.12 Å². The van der Waals surface area contributed by atoms with Gasteiger partial charge in [0, 0.05) is 34.6 Å². The number of thiophene rings is 1. The molecule has 2 aromatic rings. The Morgan fingerprint density at radius 3 is 2.57 bits per heavy atom. The first kappa shape index (κ1) is 22.9. The fourth-order valence-corrected chi connectivity index (χ4v) is 5.15. The van der Waals surface area contributed by atoms with E-state index in [1.54, 1.807) is 21.9 Å². The molecule has 1 aliphatic heterocycles. The van der Waals surface area contributed by atoms with Crippen LogP contribution in [0.1, 0.15) is 27.9 Å². The minimum atomic E-state index is -0.385. The number of thiol groups is 1. The Hall–Kier alpha value is -1.81. The summed E-state index contributed by atoms with van der Waals surface area (Å²) < 4.78 is 5.16. The Labute approximate surface area is 190 Å². The zero-order chi connectivity index (χ0) is 21.7. The van der Waals surface area contributed by atoms with Crippen LogP contribution in [0, 0.1) is 6.92 Å². The molecule has 160 valence electrons. The average Bonchev–Trinajstić information content (AvgIpc) is 3.18. The highest BCUT2D eigenvalue weighted by Crippen LogP contribution is 2.29. The first-order valence-electron chi connectivity index (χ1n) is 9.65. The number of hydrogen-bond acceptors (Lipinski definition) is 6. The molecule has 3 rings (SSSR count). The van der Waals surface area contributed by atoms with E-state index in [2.05, 4.69) is 12.6 Å². The first-order valence-corrected chi connectivity index (χ1v) is 11.8. The lowest BCUT2D eigenvalue weighted by atomic mass is 10.2. The van der Waals surface area contributed by atoms with Gasteiger partial charge in [-0.3, -0.25) is 14.4 Å². The minimum Gasteiger partial charge on any atom is -0.370 e. The summed E-state index contributed by atoms with van der Waals surface area (Å²) in [5.41, 5.74) is 1.45. The number of rotatable bonds is 7. The summed E-state index contributed by atoms with van der Waals surface area (Å²) in [6, 6.07) is 11.0. The van der Waals surface area contributed by atoms with Crippen molar-refractivity contribution in [2.45, 2.75) is 25.5 Å². The van der Waals surface area contributed by atoms with E-state index in [0.717, 1.165) is 21.9 Å². The molecule has 2 heterocycles. The van der Waals surface area contributed by atoms with E-state index in [1.165, 1.54) is 23.1 Å². The Bertz CT molecular complexity index is 913. The number of carbonyl (C=O) groups excluding carboxylic acids is 3. The summed E-state index contributed by atoms with van der Waals surface area (Å²) in [6.07, 6.45) is 0.735. The lowest BCUT2D eigenvalue weighted by Crippen LogP contribution is -2.41. The van der Waals surface area contributed by atoms with Crippen molar-refractivity contribution in [1.29, 1.82) is 0 Å². The first-order chi connectivity index (χ1) is 14.4. The van der Waals surface area contributed by atoms with Gasteiger partial charge in [-0.25, -0.2) is 0 Å². The van der Waals surface area contributed by atoms with Crippen LogP contribution in [-0.2, 0) is 9.53 Å². The Morgan fingerprint density at radius 1 is 1.27 bits per heavy atom. The van der Waals surface area contributed by atoms with E-state index >= 15 is 0 Å². The van der Waals surface area contributed by atoms with Crippen molar-refractivity contribution < 1.29 is 19.1 Å². The van der Waals surface area contributed by atoms with E-state index in [-0.39, 0.29) is 28.1 Å². The van der Waals surface area contributed by atoms with Gasteiger partial charge < -0.3 is 14.5 Å². The van der Waals surface area contributed by atoms with Crippen LogP contribution in [0.2, 0.25) is 0 Å². The Kier molecular flexibility index (Phi) is 7.99. The molecule has 0 aliphatic carbocycles. The van der Waals surface area contributed by atoms with Gasteiger partial charge in [-0.1, -0.05) is 31.3 Å². The maximum absolute atomic E-state index is 12.6. The number of nitrogens with zero attached hydrogens (tertiary/aromatic N) is 2. The van der Waals surface area contributed by atoms with E-state index in [9.17, 15) is 14.4 Å². The number of aryl methyl sites for hydroxylation is 1. The standard InChI is InChI=1S/C21H24N2O4S3/c1-3-17(30-20(25)18-9-4-14(2)29-18)12-23(21(26)28)16-7-5-15(6-8-16)22-10-11-27-13-19(22)24/h4-9,17H,3,10-13H2,1-2H3,(H,26,28). The van der Waals surface area contributed by atoms with Crippen LogP contribution in [0.25, 0.3) is 0 Å². The molecule has 1 atom stereocenters. The van der Waals surface area contributed by atoms with Crippen LogP contribution in [0.5, 0.6) is 0 Å². The number of hydrogen-bond donors (Lipinski definition) is 1. The third kappa shape index (κ3) is 5.66. The highest BCUT2D eigenvalue weighted by atomic mass is 32.2. The molecule has 0 radical (unpaired) electrons. The number of amides is 2. The number of ether oxygens (including phenoxy) is 1. The maximum Gasteiger partial charge on any atom is 0.283 e. The third-order valence-corrected chi connectivity index (χ3v) is 7.37. The molecule has 1 unspecified atom stereocenters. The monoisotopic (exact) mass is 464 g/mol. The van der Waals surface area contributed by atoms with Crippen LogP contribution < -0.4 is 9.80 Å². The summed E-state index contributed by atoms with van der Waals surface area (Å²) in [7, 11) is 0. The zero-order valence-electron chi connectivity index (χ0n) is 16.9. The van der Waals surface area contributed by atoms with Crippen molar-refractivity contribution in [1.82, 2.24) is 0 Å². The van der Waals surface area contributed by atoms with Gasteiger partial charge >= 0.3 is 0 Å².